The van der Waals surface area contributed by atoms with Crippen molar-refractivity contribution in [2.24, 2.45) is 0 Å². The van der Waals surface area contributed by atoms with E-state index in [9.17, 15) is 9.59 Å². The molecule has 0 aromatic heterocycles. The van der Waals surface area contributed by atoms with Crippen molar-refractivity contribution in [1.29, 1.82) is 0 Å². The molecule has 0 bridgehead atoms. The summed E-state index contributed by atoms with van der Waals surface area (Å²) < 4.78 is 0.995. The average Bonchev–Trinajstić information content (AvgIpc) is 2.66. The van der Waals surface area contributed by atoms with Gasteiger partial charge in [0.05, 0.1) is 16.8 Å². The second kappa shape index (κ2) is 4.45. The molecule has 94 valence electrons. The number of nitrogens with zero attached hydrogens (tertiary/aromatic N) is 1. The van der Waals surface area contributed by atoms with E-state index in [1.54, 1.807) is 24.3 Å². The second-order valence-electron chi connectivity index (χ2n) is 4.42. The second-order valence-corrected chi connectivity index (χ2v) is 5.67. The number of rotatable bonds is 1. The van der Waals surface area contributed by atoms with Gasteiger partial charge in [-0.05, 0) is 59.3 Å². The van der Waals surface area contributed by atoms with Gasteiger partial charge in [-0.1, -0.05) is 18.2 Å². The van der Waals surface area contributed by atoms with Crippen molar-refractivity contribution in [3.63, 3.8) is 0 Å². The zero-order valence-corrected chi connectivity index (χ0v) is 12.3. The highest BCUT2D eigenvalue weighted by molar-refractivity contribution is 14.1. The maximum Gasteiger partial charge on any atom is 0.266 e. The van der Waals surface area contributed by atoms with Crippen LogP contribution < -0.4 is 4.90 Å². The van der Waals surface area contributed by atoms with Crippen LogP contribution in [0.25, 0.3) is 0 Å². The Bertz CT molecular complexity index is 674. The lowest BCUT2D eigenvalue weighted by atomic mass is 10.1. The molecule has 2 amide bonds. The van der Waals surface area contributed by atoms with E-state index < -0.39 is 0 Å². The van der Waals surface area contributed by atoms with E-state index >= 15 is 0 Å². The summed E-state index contributed by atoms with van der Waals surface area (Å²) in [6.07, 6.45) is 0. The Hall–Kier alpha value is -1.69. The largest absolute Gasteiger partial charge is 0.268 e. The number of imide groups is 1. The first kappa shape index (κ1) is 12.3. The quantitative estimate of drug-likeness (QED) is 0.575. The van der Waals surface area contributed by atoms with E-state index in [0.29, 0.717) is 16.8 Å². The standard InChI is InChI=1S/C15H10INO2/c1-9-6-7-10(16)8-13(9)17-14(18)11-4-2-3-5-12(11)15(17)19/h2-8H,1H3. The van der Waals surface area contributed by atoms with E-state index in [0.717, 1.165) is 9.13 Å². The number of aryl methyl sites for hydroxylation is 1. The van der Waals surface area contributed by atoms with Crippen LogP contribution in [0.5, 0.6) is 0 Å². The van der Waals surface area contributed by atoms with Gasteiger partial charge < -0.3 is 0 Å². The van der Waals surface area contributed by atoms with E-state index in [4.69, 9.17) is 0 Å². The fourth-order valence-electron chi connectivity index (χ4n) is 2.23. The van der Waals surface area contributed by atoms with Gasteiger partial charge in [-0.2, -0.15) is 0 Å². The molecule has 1 aliphatic heterocycles. The predicted octanol–water partition coefficient (Wildman–Crippen LogP) is 3.40. The van der Waals surface area contributed by atoms with Crippen LogP contribution in [0.4, 0.5) is 5.69 Å². The summed E-state index contributed by atoms with van der Waals surface area (Å²) in [6, 6.07) is 12.7. The summed E-state index contributed by atoms with van der Waals surface area (Å²) >= 11 is 2.17. The smallest absolute Gasteiger partial charge is 0.266 e. The lowest BCUT2D eigenvalue weighted by Crippen LogP contribution is -2.30. The first-order chi connectivity index (χ1) is 9.09. The molecule has 0 saturated carbocycles. The molecule has 0 fully saturated rings. The lowest BCUT2D eigenvalue weighted by Gasteiger charge is -2.16. The van der Waals surface area contributed by atoms with E-state index in [1.165, 1.54) is 4.90 Å². The molecule has 0 atom stereocenters. The van der Waals surface area contributed by atoms with Gasteiger partial charge in [-0.15, -0.1) is 0 Å². The number of anilines is 1. The Morgan fingerprint density at radius 3 is 2.11 bits per heavy atom. The van der Waals surface area contributed by atoms with E-state index in [-0.39, 0.29) is 11.8 Å². The molecule has 2 aromatic carbocycles. The molecule has 1 heterocycles. The number of hydrogen-bond acceptors (Lipinski definition) is 2. The van der Waals surface area contributed by atoms with Gasteiger partial charge in [0.2, 0.25) is 0 Å². The Kier molecular flexibility index (Phi) is 2.89. The summed E-state index contributed by atoms with van der Waals surface area (Å²) in [6.45, 7) is 1.90. The Morgan fingerprint density at radius 2 is 1.53 bits per heavy atom. The molecule has 0 unspecified atom stereocenters. The third-order valence-electron chi connectivity index (χ3n) is 3.21. The van der Waals surface area contributed by atoms with Gasteiger partial charge in [-0.3, -0.25) is 9.59 Å². The summed E-state index contributed by atoms with van der Waals surface area (Å²) in [5.41, 5.74) is 2.53. The molecule has 3 nitrogen and oxygen atoms in total. The molecule has 2 aromatic rings. The molecule has 0 radical (unpaired) electrons. The van der Waals surface area contributed by atoms with Crippen molar-refractivity contribution >= 4 is 40.1 Å². The topological polar surface area (TPSA) is 37.4 Å². The normalized spacial score (nSPS) is 13.9. The summed E-state index contributed by atoms with van der Waals surface area (Å²) in [5, 5.41) is 0. The molecule has 0 aliphatic carbocycles. The van der Waals surface area contributed by atoms with Crippen molar-refractivity contribution in [2.75, 3.05) is 4.90 Å². The highest BCUT2D eigenvalue weighted by atomic mass is 127. The Morgan fingerprint density at radius 1 is 0.947 bits per heavy atom. The summed E-state index contributed by atoms with van der Waals surface area (Å²) in [5.74, 6) is -0.489. The maximum atomic E-state index is 12.4. The van der Waals surface area contributed by atoms with Crippen LogP contribution in [0, 0.1) is 10.5 Å². The van der Waals surface area contributed by atoms with Crippen LogP contribution in [-0.4, -0.2) is 11.8 Å². The van der Waals surface area contributed by atoms with Crippen molar-refractivity contribution in [1.82, 2.24) is 0 Å². The highest BCUT2D eigenvalue weighted by Gasteiger charge is 2.36. The lowest BCUT2D eigenvalue weighted by molar-refractivity contribution is 0.0926. The number of carbonyl (C=O) groups excluding carboxylic acids is 2. The SMILES string of the molecule is Cc1ccc(I)cc1N1C(=O)c2ccccc2C1=O. The van der Waals surface area contributed by atoms with Gasteiger partial charge in [0.25, 0.3) is 11.8 Å². The number of fused-ring (bicyclic) bond motifs is 1. The molecule has 19 heavy (non-hydrogen) atoms. The van der Waals surface area contributed by atoms with Crippen molar-refractivity contribution in [3.8, 4) is 0 Å². The number of amides is 2. The van der Waals surface area contributed by atoms with Gasteiger partial charge in [0.15, 0.2) is 0 Å². The van der Waals surface area contributed by atoms with E-state index in [2.05, 4.69) is 22.6 Å². The predicted molar refractivity (Wildman–Crippen MR) is 81.5 cm³/mol. The minimum absolute atomic E-state index is 0.245. The van der Waals surface area contributed by atoms with Crippen LogP contribution in [0.1, 0.15) is 26.3 Å². The summed E-state index contributed by atoms with van der Waals surface area (Å²) in [4.78, 5) is 26.0. The van der Waals surface area contributed by atoms with Crippen LogP contribution in [-0.2, 0) is 0 Å². The molecule has 1 aliphatic rings. The Labute approximate surface area is 124 Å². The number of hydrogen-bond donors (Lipinski definition) is 0. The van der Waals surface area contributed by atoms with Crippen molar-refractivity contribution in [3.05, 3.63) is 62.7 Å². The van der Waals surface area contributed by atoms with Crippen LogP contribution in [0.2, 0.25) is 0 Å². The molecular formula is C15H10INO2. The zero-order chi connectivity index (χ0) is 13.6. The fourth-order valence-corrected chi connectivity index (χ4v) is 2.71. The number of halogens is 1. The van der Waals surface area contributed by atoms with Gasteiger partial charge in [0, 0.05) is 3.57 Å². The Balaban J connectivity index is 2.17. The maximum absolute atomic E-state index is 12.4. The highest BCUT2D eigenvalue weighted by Crippen LogP contribution is 2.31. The van der Waals surface area contributed by atoms with Crippen LogP contribution >= 0.6 is 22.6 Å². The van der Waals surface area contributed by atoms with Gasteiger partial charge in [-0.25, -0.2) is 4.90 Å². The van der Waals surface area contributed by atoms with Gasteiger partial charge >= 0.3 is 0 Å². The third kappa shape index (κ3) is 1.87. The monoisotopic (exact) mass is 363 g/mol. The molecule has 3 rings (SSSR count). The average molecular weight is 363 g/mol. The molecule has 0 saturated heterocycles. The van der Waals surface area contributed by atoms with Crippen molar-refractivity contribution in [2.45, 2.75) is 6.92 Å². The van der Waals surface area contributed by atoms with E-state index in [1.807, 2.05) is 25.1 Å². The third-order valence-corrected chi connectivity index (χ3v) is 3.88. The fraction of sp³-hybridized carbons (Fsp3) is 0.0667. The molecular weight excluding hydrogens is 353 g/mol. The minimum Gasteiger partial charge on any atom is -0.268 e. The molecule has 4 heteroatoms. The first-order valence-corrected chi connectivity index (χ1v) is 6.91. The first-order valence-electron chi connectivity index (χ1n) is 5.83. The number of benzene rings is 2. The minimum atomic E-state index is -0.245. The molecule has 0 N–H and O–H groups in total. The van der Waals surface area contributed by atoms with Gasteiger partial charge in [0.1, 0.15) is 0 Å². The van der Waals surface area contributed by atoms with Crippen LogP contribution in [0.15, 0.2) is 42.5 Å². The molecule has 0 spiro atoms. The number of carbonyl (C=O) groups is 2. The summed E-state index contributed by atoms with van der Waals surface area (Å²) in [7, 11) is 0. The van der Waals surface area contributed by atoms with Crippen molar-refractivity contribution < 1.29 is 9.59 Å². The zero-order valence-electron chi connectivity index (χ0n) is 10.2. The van der Waals surface area contributed by atoms with Crippen LogP contribution in [0.3, 0.4) is 0 Å².